The maximum Gasteiger partial charge on any atom is 0.266 e. The summed E-state index contributed by atoms with van der Waals surface area (Å²) in [6.07, 6.45) is 0. The molecule has 0 aliphatic heterocycles. The standard InChI is InChI=1S/C22H15Cl2N3O2S/c1-13-20(28)19(16-5-2-3-6-17(16)24)21(25-22(29)18-7-4-12-30-18)27(26-13)15-10-8-14(23)9-11-15/h2-12H,1H3,(H,25,29). The van der Waals surface area contributed by atoms with E-state index in [1.807, 2.05) is 5.38 Å². The van der Waals surface area contributed by atoms with Crippen LogP contribution < -0.4 is 10.7 Å². The Balaban J connectivity index is 2.00. The fraction of sp³-hybridized carbons (Fsp3) is 0.0455. The van der Waals surface area contributed by atoms with Crippen LogP contribution in [0.3, 0.4) is 0 Å². The fourth-order valence-corrected chi connectivity index (χ4v) is 3.99. The normalized spacial score (nSPS) is 10.8. The van der Waals surface area contributed by atoms with Gasteiger partial charge in [-0.05, 0) is 48.7 Å². The average molecular weight is 456 g/mol. The van der Waals surface area contributed by atoms with Gasteiger partial charge in [0.05, 0.1) is 16.1 Å². The van der Waals surface area contributed by atoms with E-state index in [4.69, 9.17) is 23.2 Å². The molecule has 2 aromatic heterocycles. The van der Waals surface area contributed by atoms with Gasteiger partial charge in [-0.3, -0.25) is 9.59 Å². The third-order valence-electron chi connectivity index (χ3n) is 4.45. The largest absolute Gasteiger partial charge is 0.305 e. The van der Waals surface area contributed by atoms with Crippen LogP contribution in [0.5, 0.6) is 0 Å². The van der Waals surface area contributed by atoms with Gasteiger partial charge >= 0.3 is 0 Å². The number of carbonyl (C=O) groups excluding carboxylic acids is 1. The van der Waals surface area contributed by atoms with Gasteiger partial charge in [0, 0.05) is 15.6 Å². The number of aryl methyl sites for hydroxylation is 1. The second-order valence-corrected chi connectivity index (χ2v) is 8.23. The first-order valence-corrected chi connectivity index (χ1v) is 10.6. The first-order valence-electron chi connectivity index (χ1n) is 8.95. The lowest BCUT2D eigenvalue weighted by molar-refractivity contribution is 0.102. The summed E-state index contributed by atoms with van der Waals surface area (Å²) < 4.78 is 1.53. The lowest BCUT2D eigenvalue weighted by Crippen LogP contribution is -2.24. The molecule has 0 fully saturated rings. The highest BCUT2D eigenvalue weighted by Gasteiger charge is 2.22. The van der Waals surface area contributed by atoms with Crippen molar-refractivity contribution in [2.24, 2.45) is 0 Å². The van der Waals surface area contributed by atoms with Crippen LogP contribution in [-0.4, -0.2) is 15.7 Å². The van der Waals surface area contributed by atoms with Crippen LogP contribution in [-0.2, 0) is 0 Å². The van der Waals surface area contributed by atoms with E-state index in [0.29, 0.717) is 26.2 Å². The summed E-state index contributed by atoms with van der Waals surface area (Å²) in [5.74, 6) is -0.106. The number of nitrogens with zero attached hydrogens (tertiary/aromatic N) is 2. The molecule has 0 aliphatic rings. The van der Waals surface area contributed by atoms with Gasteiger partial charge in [0.2, 0.25) is 5.43 Å². The average Bonchev–Trinajstić information content (AvgIpc) is 3.27. The van der Waals surface area contributed by atoms with E-state index in [2.05, 4.69) is 10.4 Å². The number of amides is 1. The van der Waals surface area contributed by atoms with Crippen LogP contribution in [0.4, 0.5) is 5.82 Å². The molecule has 5 nitrogen and oxygen atoms in total. The Kier molecular flexibility index (Phi) is 5.72. The van der Waals surface area contributed by atoms with Gasteiger partial charge in [-0.2, -0.15) is 5.10 Å². The minimum Gasteiger partial charge on any atom is -0.305 e. The van der Waals surface area contributed by atoms with Crippen molar-refractivity contribution in [2.45, 2.75) is 6.92 Å². The molecule has 1 N–H and O–H groups in total. The van der Waals surface area contributed by atoms with E-state index in [-0.39, 0.29) is 28.4 Å². The molecule has 0 unspecified atom stereocenters. The number of nitrogens with one attached hydrogen (secondary N) is 1. The van der Waals surface area contributed by atoms with Crippen LogP contribution in [0.2, 0.25) is 10.0 Å². The van der Waals surface area contributed by atoms with Crippen molar-refractivity contribution in [3.63, 3.8) is 0 Å². The highest BCUT2D eigenvalue weighted by atomic mass is 35.5. The molecule has 0 atom stereocenters. The molecule has 0 spiro atoms. The first-order chi connectivity index (χ1) is 14.5. The third kappa shape index (κ3) is 3.89. The Hall–Kier alpha value is -2.93. The Labute approximate surface area is 186 Å². The van der Waals surface area contributed by atoms with Crippen LogP contribution >= 0.6 is 34.5 Å². The number of thiophene rings is 1. The second kappa shape index (κ2) is 8.44. The van der Waals surface area contributed by atoms with Crippen molar-refractivity contribution in [2.75, 3.05) is 5.32 Å². The van der Waals surface area contributed by atoms with E-state index >= 15 is 0 Å². The topological polar surface area (TPSA) is 64.0 Å². The summed E-state index contributed by atoms with van der Waals surface area (Å²) in [5, 5.41) is 10.1. The maximum atomic E-state index is 13.1. The Morgan fingerprint density at radius 2 is 1.77 bits per heavy atom. The Bertz CT molecular complexity index is 1280. The summed E-state index contributed by atoms with van der Waals surface area (Å²) >= 11 is 13.7. The van der Waals surface area contributed by atoms with Gasteiger partial charge in [-0.15, -0.1) is 11.3 Å². The monoisotopic (exact) mass is 455 g/mol. The van der Waals surface area contributed by atoms with Crippen molar-refractivity contribution in [1.29, 1.82) is 0 Å². The van der Waals surface area contributed by atoms with Gasteiger partial charge in [0.15, 0.2) is 0 Å². The summed E-state index contributed by atoms with van der Waals surface area (Å²) in [6, 6.07) is 17.4. The highest BCUT2D eigenvalue weighted by molar-refractivity contribution is 7.12. The van der Waals surface area contributed by atoms with Gasteiger partial charge < -0.3 is 5.32 Å². The molecule has 0 saturated heterocycles. The van der Waals surface area contributed by atoms with Crippen molar-refractivity contribution >= 4 is 46.3 Å². The zero-order valence-corrected chi connectivity index (χ0v) is 18.1. The van der Waals surface area contributed by atoms with E-state index < -0.39 is 0 Å². The smallest absolute Gasteiger partial charge is 0.266 e. The van der Waals surface area contributed by atoms with Gasteiger partial charge in [0.25, 0.3) is 5.91 Å². The van der Waals surface area contributed by atoms with Gasteiger partial charge in [-0.1, -0.05) is 47.5 Å². The minimum atomic E-state index is -0.342. The van der Waals surface area contributed by atoms with Gasteiger partial charge in [-0.25, -0.2) is 4.68 Å². The molecule has 1 amide bonds. The molecule has 4 rings (SSSR count). The predicted octanol–water partition coefficient (Wildman–Crippen LogP) is 5.83. The molecule has 150 valence electrons. The Morgan fingerprint density at radius 3 is 2.43 bits per heavy atom. The zero-order chi connectivity index (χ0) is 21.3. The zero-order valence-electron chi connectivity index (χ0n) is 15.7. The van der Waals surface area contributed by atoms with Crippen molar-refractivity contribution in [1.82, 2.24) is 9.78 Å². The molecular weight excluding hydrogens is 441 g/mol. The number of halogens is 2. The highest BCUT2D eigenvalue weighted by Crippen LogP contribution is 2.32. The Morgan fingerprint density at radius 1 is 1.03 bits per heavy atom. The van der Waals surface area contributed by atoms with E-state index in [1.165, 1.54) is 16.0 Å². The maximum absolute atomic E-state index is 13.1. The number of anilines is 1. The molecule has 0 bridgehead atoms. The van der Waals surface area contributed by atoms with Crippen LogP contribution in [0.15, 0.2) is 70.8 Å². The van der Waals surface area contributed by atoms with Crippen LogP contribution in [0.1, 0.15) is 15.4 Å². The van der Waals surface area contributed by atoms with Crippen molar-refractivity contribution < 1.29 is 4.79 Å². The molecule has 4 aromatic rings. The number of benzene rings is 2. The lowest BCUT2D eigenvalue weighted by Gasteiger charge is -2.18. The predicted molar refractivity (Wildman–Crippen MR) is 122 cm³/mol. The van der Waals surface area contributed by atoms with E-state index in [9.17, 15) is 9.59 Å². The van der Waals surface area contributed by atoms with Crippen LogP contribution in [0, 0.1) is 6.92 Å². The van der Waals surface area contributed by atoms with Crippen molar-refractivity contribution in [3.8, 4) is 16.8 Å². The number of hydrogen-bond acceptors (Lipinski definition) is 4. The molecular formula is C22H15Cl2N3O2S. The van der Waals surface area contributed by atoms with E-state index in [0.717, 1.165) is 0 Å². The molecule has 8 heteroatoms. The lowest BCUT2D eigenvalue weighted by atomic mass is 10.0. The summed E-state index contributed by atoms with van der Waals surface area (Å²) in [4.78, 5) is 26.5. The van der Waals surface area contributed by atoms with Crippen LogP contribution in [0.25, 0.3) is 16.8 Å². The number of hydrogen-bond donors (Lipinski definition) is 1. The quantitative estimate of drug-likeness (QED) is 0.420. The first kappa shape index (κ1) is 20.3. The summed E-state index contributed by atoms with van der Waals surface area (Å²) in [5.41, 5.74) is 1.38. The molecule has 30 heavy (non-hydrogen) atoms. The summed E-state index contributed by atoms with van der Waals surface area (Å²) in [7, 11) is 0. The minimum absolute atomic E-state index is 0.236. The molecule has 0 aliphatic carbocycles. The van der Waals surface area contributed by atoms with Gasteiger partial charge in [0.1, 0.15) is 11.5 Å². The summed E-state index contributed by atoms with van der Waals surface area (Å²) in [6.45, 7) is 1.62. The SMILES string of the molecule is Cc1nn(-c2ccc(Cl)cc2)c(NC(=O)c2cccs2)c(-c2ccccc2Cl)c1=O. The van der Waals surface area contributed by atoms with E-state index in [1.54, 1.807) is 67.6 Å². The number of aromatic nitrogens is 2. The third-order valence-corrected chi connectivity index (χ3v) is 5.90. The van der Waals surface area contributed by atoms with Crippen molar-refractivity contribution in [3.05, 3.63) is 96.9 Å². The second-order valence-electron chi connectivity index (χ2n) is 6.44. The molecule has 2 heterocycles. The fourth-order valence-electron chi connectivity index (χ4n) is 3.02. The number of carbonyl (C=O) groups is 1. The molecule has 2 aromatic carbocycles. The molecule has 0 saturated carbocycles. The number of rotatable bonds is 4. The molecule has 0 radical (unpaired) electrons.